The second-order valence-corrected chi connectivity index (χ2v) is 6.37. The zero-order valence-corrected chi connectivity index (χ0v) is 15.3. The summed E-state index contributed by atoms with van der Waals surface area (Å²) in [5.41, 5.74) is 0.204. The summed E-state index contributed by atoms with van der Waals surface area (Å²) in [5.74, 6) is 0.417. The minimum absolute atomic E-state index is 0.0126. The summed E-state index contributed by atoms with van der Waals surface area (Å²) in [6.45, 7) is 0. The van der Waals surface area contributed by atoms with Gasteiger partial charge in [0.2, 0.25) is 0 Å². The number of rotatable bonds is 3. The van der Waals surface area contributed by atoms with E-state index in [-0.39, 0.29) is 15.8 Å². The third-order valence-electron chi connectivity index (χ3n) is 2.59. The molecule has 3 nitrogen and oxygen atoms in total. The molecule has 2 rings (SSSR count). The van der Waals surface area contributed by atoms with Crippen LogP contribution in [0.5, 0.6) is 17.2 Å². The summed E-state index contributed by atoms with van der Waals surface area (Å²) >= 11 is 9.72. The van der Waals surface area contributed by atoms with E-state index in [4.69, 9.17) is 14.7 Å². The van der Waals surface area contributed by atoms with Crippen LogP contribution in [0.4, 0.5) is 4.39 Å². The van der Waals surface area contributed by atoms with Crippen LogP contribution in [-0.2, 0) is 0 Å². The molecule has 0 heterocycles. The third-order valence-corrected chi connectivity index (χ3v) is 4.61. The highest BCUT2D eigenvalue weighted by molar-refractivity contribution is 9.11. The van der Waals surface area contributed by atoms with E-state index in [2.05, 4.69) is 47.8 Å². The molecule has 2 aromatic carbocycles. The van der Waals surface area contributed by atoms with Gasteiger partial charge in [0.1, 0.15) is 17.6 Å². The molecule has 0 amide bonds. The maximum atomic E-state index is 14.1. The molecule has 0 saturated heterocycles. The molecule has 0 aliphatic carbocycles. The van der Waals surface area contributed by atoms with Crippen molar-refractivity contribution in [2.24, 2.45) is 0 Å². The number of ether oxygens (including phenoxy) is 2. The Bertz CT molecular complexity index is 744. The average Bonchev–Trinajstić information content (AvgIpc) is 2.47. The molecule has 0 unspecified atom stereocenters. The molecule has 108 valence electrons. The van der Waals surface area contributed by atoms with Crippen LogP contribution < -0.4 is 9.47 Å². The molecule has 0 bridgehead atoms. The number of nitrogens with zero attached hydrogens (tertiary/aromatic N) is 1. The highest BCUT2D eigenvalue weighted by Crippen LogP contribution is 2.39. The summed E-state index contributed by atoms with van der Waals surface area (Å²) in [6.07, 6.45) is 0. The molecular formula is C14H7Br3FNO2. The van der Waals surface area contributed by atoms with Crippen molar-refractivity contribution in [3.63, 3.8) is 0 Å². The first-order valence-electron chi connectivity index (χ1n) is 5.57. The lowest BCUT2D eigenvalue weighted by molar-refractivity contribution is 0.407. The first-order chi connectivity index (χ1) is 9.97. The number of hydrogen-bond acceptors (Lipinski definition) is 3. The Morgan fingerprint density at radius 2 is 1.67 bits per heavy atom. The van der Waals surface area contributed by atoms with Crippen LogP contribution in [0, 0.1) is 17.1 Å². The quantitative estimate of drug-likeness (QED) is 0.560. The maximum absolute atomic E-state index is 14.1. The molecule has 0 N–H and O–H groups in total. The fourth-order valence-corrected chi connectivity index (χ4v) is 2.86. The van der Waals surface area contributed by atoms with Crippen LogP contribution in [0.3, 0.4) is 0 Å². The Hall–Kier alpha value is -1.10. The fraction of sp³-hybridized carbons (Fsp3) is 0.0714. The van der Waals surface area contributed by atoms with Gasteiger partial charge in [0.05, 0.1) is 26.1 Å². The monoisotopic (exact) mass is 477 g/mol. The topological polar surface area (TPSA) is 42.2 Å². The van der Waals surface area contributed by atoms with Gasteiger partial charge in [-0.05, 0) is 72.1 Å². The zero-order chi connectivity index (χ0) is 15.6. The molecule has 0 aromatic heterocycles. The predicted octanol–water partition coefficient (Wildman–Crippen LogP) is 5.79. The Labute approximate surface area is 146 Å². The van der Waals surface area contributed by atoms with Crippen molar-refractivity contribution in [2.45, 2.75) is 0 Å². The lowest BCUT2D eigenvalue weighted by Crippen LogP contribution is -1.93. The summed E-state index contributed by atoms with van der Waals surface area (Å²) in [6, 6.07) is 8.14. The Morgan fingerprint density at radius 3 is 2.29 bits per heavy atom. The van der Waals surface area contributed by atoms with Crippen molar-refractivity contribution in [2.75, 3.05) is 7.11 Å². The highest BCUT2D eigenvalue weighted by atomic mass is 79.9. The van der Waals surface area contributed by atoms with Gasteiger partial charge in [-0.15, -0.1) is 0 Å². The van der Waals surface area contributed by atoms with Crippen LogP contribution in [0.15, 0.2) is 37.7 Å². The maximum Gasteiger partial charge on any atom is 0.181 e. The van der Waals surface area contributed by atoms with E-state index in [0.29, 0.717) is 20.4 Å². The molecular weight excluding hydrogens is 473 g/mol. The van der Waals surface area contributed by atoms with E-state index >= 15 is 0 Å². The second kappa shape index (κ2) is 6.77. The van der Waals surface area contributed by atoms with Gasteiger partial charge >= 0.3 is 0 Å². The van der Waals surface area contributed by atoms with Crippen LogP contribution >= 0.6 is 47.8 Å². The fourth-order valence-electron chi connectivity index (χ4n) is 1.56. The minimum Gasteiger partial charge on any atom is -0.496 e. The molecule has 0 spiro atoms. The number of methoxy groups -OCH3 is 1. The standard InChI is InChI=1S/C14H7Br3FNO2/c1-20-11-4-9(16)12(5-8(11)15)21-10-3-2-7(6-19)13(17)14(10)18/h2-5H,1H3. The summed E-state index contributed by atoms with van der Waals surface area (Å²) in [5, 5.41) is 8.85. The number of benzene rings is 2. The largest absolute Gasteiger partial charge is 0.496 e. The molecule has 0 fully saturated rings. The zero-order valence-electron chi connectivity index (χ0n) is 10.6. The highest BCUT2D eigenvalue weighted by Gasteiger charge is 2.15. The molecule has 0 aliphatic rings. The smallest absolute Gasteiger partial charge is 0.181 e. The van der Waals surface area contributed by atoms with Gasteiger partial charge in [0, 0.05) is 0 Å². The second-order valence-electron chi connectivity index (χ2n) is 3.87. The average molecular weight is 480 g/mol. The van der Waals surface area contributed by atoms with Crippen LogP contribution in [0.25, 0.3) is 0 Å². The Kier molecular flexibility index (Phi) is 5.25. The molecule has 0 radical (unpaired) electrons. The Balaban J connectivity index is 2.42. The molecule has 21 heavy (non-hydrogen) atoms. The minimum atomic E-state index is -0.632. The Morgan fingerprint density at radius 1 is 1.05 bits per heavy atom. The lowest BCUT2D eigenvalue weighted by atomic mass is 10.2. The van der Waals surface area contributed by atoms with Crippen molar-refractivity contribution in [1.82, 2.24) is 0 Å². The van der Waals surface area contributed by atoms with Gasteiger partial charge in [-0.2, -0.15) is 5.26 Å². The van der Waals surface area contributed by atoms with Gasteiger partial charge in [0.25, 0.3) is 0 Å². The van der Waals surface area contributed by atoms with Gasteiger partial charge in [-0.25, -0.2) is 4.39 Å². The van der Waals surface area contributed by atoms with Gasteiger partial charge in [-0.1, -0.05) is 0 Å². The lowest BCUT2D eigenvalue weighted by Gasteiger charge is -2.12. The normalized spacial score (nSPS) is 10.1. The van der Waals surface area contributed by atoms with E-state index in [1.54, 1.807) is 19.2 Å². The first kappa shape index (κ1) is 16.3. The van der Waals surface area contributed by atoms with E-state index in [9.17, 15) is 4.39 Å². The van der Waals surface area contributed by atoms with Gasteiger partial charge in [-0.3, -0.25) is 0 Å². The molecule has 0 atom stereocenters. The molecule has 7 heteroatoms. The summed E-state index contributed by atoms with van der Waals surface area (Å²) in [4.78, 5) is 0. The number of hydrogen-bond donors (Lipinski definition) is 0. The molecule has 2 aromatic rings. The van der Waals surface area contributed by atoms with Gasteiger partial charge < -0.3 is 9.47 Å². The summed E-state index contributed by atoms with van der Waals surface area (Å²) < 4.78 is 26.2. The third kappa shape index (κ3) is 3.39. The van der Waals surface area contributed by atoms with Crippen molar-refractivity contribution < 1.29 is 13.9 Å². The van der Waals surface area contributed by atoms with E-state index in [1.165, 1.54) is 12.1 Å². The molecule has 0 saturated carbocycles. The van der Waals surface area contributed by atoms with Crippen molar-refractivity contribution in [3.05, 3.63) is 49.1 Å². The van der Waals surface area contributed by atoms with Crippen molar-refractivity contribution >= 4 is 47.8 Å². The van der Waals surface area contributed by atoms with Crippen LogP contribution in [0.1, 0.15) is 5.56 Å². The number of nitriles is 1. The predicted molar refractivity (Wildman–Crippen MR) is 87.3 cm³/mol. The van der Waals surface area contributed by atoms with Crippen molar-refractivity contribution in [1.29, 1.82) is 5.26 Å². The van der Waals surface area contributed by atoms with Crippen LogP contribution in [0.2, 0.25) is 0 Å². The molecule has 0 aliphatic heterocycles. The summed E-state index contributed by atoms with van der Waals surface area (Å²) in [7, 11) is 1.55. The van der Waals surface area contributed by atoms with E-state index in [0.717, 1.165) is 0 Å². The SMILES string of the molecule is COc1cc(Br)c(Oc2ccc(C#N)c(Br)c2F)cc1Br. The van der Waals surface area contributed by atoms with E-state index < -0.39 is 5.82 Å². The van der Waals surface area contributed by atoms with Gasteiger partial charge in [0.15, 0.2) is 11.6 Å². The van der Waals surface area contributed by atoms with Crippen LogP contribution in [-0.4, -0.2) is 7.11 Å². The first-order valence-corrected chi connectivity index (χ1v) is 7.94. The van der Waals surface area contributed by atoms with E-state index in [1.807, 2.05) is 6.07 Å². The number of halogens is 4. The van der Waals surface area contributed by atoms with Crippen molar-refractivity contribution in [3.8, 4) is 23.3 Å².